The molecule has 1 N–H and O–H groups in total. The minimum Gasteiger partial charge on any atom is -0.325 e. The summed E-state index contributed by atoms with van der Waals surface area (Å²) in [5.41, 5.74) is 0.927. The van der Waals surface area contributed by atoms with Crippen molar-refractivity contribution in [3.8, 4) is 0 Å². The van der Waals surface area contributed by atoms with Gasteiger partial charge in [0.2, 0.25) is 5.91 Å². The van der Waals surface area contributed by atoms with Crippen LogP contribution in [0, 0.1) is 5.82 Å². The van der Waals surface area contributed by atoms with Gasteiger partial charge in [0, 0.05) is 29.1 Å². The zero-order valence-corrected chi connectivity index (χ0v) is 14.6. The normalized spacial score (nSPS) is 10.9. The predicted octanol–water partition coefficient (Wildman–Crippen LogP) is 3.42. The van der Waals surface area contributed by atoms with Gasteiger partial charge >= 0.3 is 0 Å². The molecule has 0 spiro atoms. The molecule has 2 aromatic heterocycles. The highest BCUT2D eigenvalue weighted by molar-refractivity contribution is 7.99. The molecule has 1 amide bonds. The molecule has 0 bridgehead atoms. The molecule has 0 radical (unpaired) electrons. The highest BCUT2D eigenvalue weighted by Gasteiger charge is 2.07. The predicted molar refractivity (Wildman–Crippen MR) is 95.5 cm³/mol. The molecule has 0 saturated heterocycles. The number of benzene rings is 1. The van der Waals surface area contributed by atoms with Gasteiger partial charge in [-0.15, -0.1) is 23.1 Å². The quantitative estimate of drug-likeness (QED) is 0.733. The van der Waals surface area contributed by atoms with E-state index in [4.69, 9.17) is 11.6 Å². The van der Waals surface area contributed by atoms with E-state index >= 15 is 0 Å². The molecular formula is C15H11ClFN3O2S2. The molecule has 2 heterocycles. The first-order valence-corrected chi connectivity index (χ1v) is 9.22. The second kappa shape index (κ2) is 7.33. The topological polar surface area (TPSA) is 63.5 Å². The van der Waals surface area contributed by atoms with Crippen LogP contribution < -0.4 is 10.9 Å². The van der Waals surface area contributed by atoms with Gasteiger partial charge in [0.25, 0.3) is 5.56 Å². The van der Waals surface area contributed by atoms with Gasteiger partial charge < -0.3 is 5.32 Å². The summed E-state index contributed by atoms with van der Waals surface area (Å²) in [4.78, 5) is 28.7. The molecule has 0 fully saturated rings. The number of rotatable bonds is 5. The summed E-state index contributed by atoms with van der Waals surface area (Å²) in [6, 6.07) is 5.45. The summed E-state index contributed by atoms with van der Waals surface area (Å²) in [6.45, 7) is 0. The molecule has 5 nitrogen and oxygen atoms in total. The van der Waals surface area contributed by atoms with Gasteiger partial charge in [0.15, 0.2) is 4.96 Å². The number of thioether (sulfide) groups is 1. The Kier molecular flexibility index (Phi) is 5.17. The van der Waals surface area contributed by atoms with E-state index in [2.05, 4.69) is 10.3 Å². The smallest absolute Gasteiger partial charge is 0.258 e. The van der Waals surface area contributed by atoms with Crippen molar-refractivity contribution in [1.82, 2.24) is 9.38 Å². The molecule has 0 aliphatic rings. The molecule has 0 saturated carbocycles. The number of carbonyl (C=O) groups excluding carboxylic acids is 1. The van der Waals surface area contributed by atoms with Gasteiger partial charge in [-0.2, -0.15) is 0 Å². The molecule has 9 heteroatoms. The third-order valence-electron chi connectivity index (χ3n) is 3.04. The van der Waals surface area contributed by atoms with Crippen LogP contribution in [0.2, 0.25) is 5.02 Å². The minimum absolute atomic E-state index is 0.0469. The van der Waals surface area contributed by atoms with Gasteiger partial charge in [-0.25, -0.2) is 9.37 Å². The van der Waals surface area contributed by atoms with E-state index in [1.54, 1.807) is 11.6 Å². The summed E-state index contributed by atoms with van der Waals surface area (Å²) in [5, 5.41) is 4.38. The lowest BCUT2D eigenvalue weighted by atomic mass is 10.3. The minimum atomic E-state index is -0.537. The van der Waals surface area contributed by atoms with E-state index in [0.29, 0.717) is 22.1 Å². The zero-order chi connectivity index (χ0) is 17.1. The Bertz CT molecular complexity index is 957. The number of fused-ring (bicyclic) bond motifs is 1. The van der Waals surface area contributed by atoms with Crippen molar-refractivity contribution in [2.45, 2.75) is 5.75 Å². The first-order valence-electron chi connectivity index (χ1n) is 6.81. The van der Waals surface area contributed by atoms with Gasteiger partial charge in [0.05, 0.1) is 16.5 Å². The fourth-order valence-electron chi connectivity index (χ4n) is 1.98. The number of nitrogens with one attached hydrogen (secondary N) is 1. The lowest BCUT2D eigenvalue weighted by molar-refractivity contribution is -0.113. The first kappa shape index (κ1) is 16.9. The van der Waals surface area contributed by atoms with Crippen LogP contribution in [0.25, 0.3) is 4.96 Å². The van der Waals surface area contributed by atoms with Gasteiger partial charge in [-0.1, -0.05) is 11.6 Å². The van der Waals surface area contributed by atoms with Crippen molar-refractivity contribution in [2.24, 2.45) is 0 Å². The number of hydrogen-bond acceptors (Lipinski definition) is 5. The van der Waals surface area contributed by atoms with E-state index in [0.717, 1.165) is 0 Å². The maximum atomic E-state index is 13.1. The standard InChI is InChI=1S/C15H11ClFN3O2S2/c16-11-5-9(1-2-12(11)17)18-13(21)8-23-7-10-6-14(22)20-3-4-24-15(20)19-10/h1-6H,7-8H2,(H,18,21). The van der Waals surface area contributed by atoms with Crippen molar-refractivity contribution < 1.29 is 9.18 Å². The molecule has 3 aromatic rings. The Balaban J connectivity index is 1.56. The molecule has 0 unspecified atom stereocenters. The molecular weight excluding hydrogens is 373 g/mol. The number of aromatic nitrogens is 2. The van der Waals surface area contributed by atoms with E-state index in [-0.39, 0.29) is 22.2 Å². The Morgan fingerprint density at radius 1 is 1.42 bits per heavy atom. The van der Waals surface area contributed by atoms with Crippen molar-refractivity contribution in [3.63, 3.8) is 0 Å². The molecule has 1 aromatic carbocycles. The van der Waals surface area contributed by atoms with Crippen LogP contribution in [-0.2, 0) is 10.5 Å². The number of carbonyl (C=O) groups is 1. The SMILES string of the molecule is O=C(CSCc1cc(=O)n2ccsc2n1)Nc1ccc(F)c(Cl)c1. The lowest BCUT2D eigenvalue weighted by Crippen LogP contribution is -2.15. The number of halogens is 2. The summed E-state index contributed by atoms with van der Waals surface area (Å²) >= 11 is 8.38. The maximum absolute atomic E-state index is 13.1. The summed E-state index contributed by atoms with van der Waals surface area (Å²) in [6.07, 6.45) is 1.67. The first-order chi connectivity index (χ1) is 11.5. The number of nitrogens with zero attached hydrogens (tertiary/aromatic N) is 2. The van der Waals surface area contributed by atoms with Crippen LogP contribution >= 0.6 is 34.7 Å². The van der Waals surface area contributed by atoms with Crippen LogP contribution in [0.15, 0.2) is 40.6 Å². The van der Waals surface area contributed by atoms with Crippen molar-refractivity contribution in [3.05, 3.63) is 62.7 Å². The maximum Gasteiger partial charge on any atom is 0.258 e. The largest absolute Gasteiger partial charge is 0.325 e. The van der Waals surface area contributed by atoms with Crippen LogP contribution in [-0.4, -0.2) is 21.0 Å². The van der Waals surface area contributed by atoms with E-state index in [9.17, 15) is 14.0 Å². The molecule has 24 heavy (non-hydrogen) atoms. The Labute approximate surface area is 149 Å². The van der Waals surface area contributed by atoms with E-state index < -0.39 is 5.82 Å². The number of amides is 1. The summed E-state index contributed by atoms with van der Waals surface area (Å²) < 4.78 is 14.5. The van der Waals surface area contributed by atoms with Crippen LogP contribution in [0.3, 0.4) is 0 Å². The zero-order valence-electron chi connectivity index (χ0n) is 12.2. The second-order valence-electron chi connectivity index (χ2n) is 4.81. The highest BCUT2D eigenvalue weighted by atomic mass is 35.5. The Morgan fingerprint density at radius 2 is 2.25 bits per heavy atom. The fourth-order valence-corrected chi connectivity index (χ4v) is 3.62. The number of thiazole rings is 1. The Hall–Kier alpha value is -1.90. The van der Waals surface area contributed by atoms with Gasteiger partial charge in [-0.3, -0.25) is 14.0 Å². The average Bonchev–Trinajstić information content (AvgIpc) is 3.00. The van der Waals surface area contributed by atoms with E-state index in [1.165, 1.54) is 51.8 Å². The van der Waals surface area contributed by atoms with Crippen molar-refractivity contribution >= 4 is 51.3 Å². The molecule has 0 aliphatic heterocycles. The summed E-state index contributed by atoms with van der Waals surface area (Å²) in [5.74, 6) is -0.149. The Morgan fingerprint density at radius 3 is 3.04 bits per heavy atom. The fraction of sp³-hybridized carbons (Fsp3) is 0.133. The van der Waals surface area contributed by atoms with Crippen molar-refractivity contribution in [2.75, 3.05) is 11.1 Å². The number of anilines is 1. The van der Waals surface area contributed by atoms with Crippen LogP contribution in [0.1, 0.15) is 5.69 Å². The molecule has 0 atom stereocenters. The highest BCUT2D eigenvalue weighted by Crippen LogP contribution is 2.20. The molecule has 3 rings (SSSR count). The molecule has 0 aliphatic carbocycles. The second-order valence-corrected chi connectivity index (χ2v) is 7.08. The lowest BCUT2D eigenvalue weighted by Gasteiger charge is -2.06. The van der Waals surface area contributed by atoms with Crippen LogP contribution in [0.5, 0.6) is 0 Å². The monoisotopic (exact) mass is 383 g/mol. The molecule has 124 valence electrons. The summed E-state index contributed by atoms with van der Waals surface area (Å²) in [7, 11) is 0. The van der Waals surface area contributed by atoms with Gasteiger partial charge in [-0.05, 0) is 18.2 Å². The van der Waals surface area contributed by atoms with Gasteiger partial charge in [0.1, 0.15) is 5.82 Å². The van der Waals surface area contributed by atoms with E-state index in [1.807, 2.05) is 0 Å². The third-order valence-corrected chi connectivity index (χ3v) is 5.06. The van der Waals surface area contributed by atoms with Crippen LogP contribution in [0.4, 0.5) is 10.1 Å². The van der Waals surface area contributed by atoms with Crippen molar-refractivity contribution in [1.29, 1.82) is 0 Å². The number of hydrogen-bond donors (Lipinski definition) is 1. The average molecular weight is 384 g/mol. The third kappa shape index (κ3) is 3.95.